The van der Waals surface area contributed by atoms with Gasteiger partial charge in [-0.3, -0.25) is 0 Å². The van der Waals surface area contributed by atoms with Gasteiger partial charge in [0.1, 0.15) is 17.5 Å². The average molecular weight is 399 g/mol. The van der Waals surface area contributed by atoms with Crippen molar-refractivity contribution in [3.8, 4) is 0 Å². The Kier molecular flexibility index (Phi) is 9.14. The number of aliphatic imine (C=N–C) groups is 1. The Bertz CT molecular complexity index is 803. The summed E-state index contributed by atoms with van der Waals surface area (Å²) in [6.07, 6.45) is 0.992. The van der Waals surface area contributed by atoms with Gasteiger partial charge in [0.2, 0.25) is 0 Å². The zero-order valence-electron chi connectivity index (χ0n) is 15.7. The molecule has 0 saturated heterocycles. The van der Waals surface area contributed by atoms with E-state index in [9.17, 15) is 22.0 Å². The molecule has 0 saturated carbocycles. The standard InChI is InChI=1S/C18H16F5N3.C2H6/c1-10(24)14(8-26-18(22)23)11-2-4-13(5-3-11)25-9-15-16(20)6-12(19)7-17(15)21;1-2/h2-8,18,25H,9,24H2,1H3;1-2H3/b14-10+,26-8+;. The molecular weight excluding hydrogens is 377 g/mol. The second-order valence-corrected chi connectivity index (χ2v) is 5.43. The van der Waals surface area contributed by atoms with Crippen LogP contribution in [-0.2, 0) is 6.54 Å². The van der Waals surface area contributed by atoms with E-state index < -0.39 is 24.0 Å². The summed E-state index contributed by atoms with van der Waals surface area (Å²) >= 11 is 0. The molecule has 0 heterocycles. The van der Waals surface area contributed by atoms with Crippen LogP contribution in [0, 0.1) is 17.5 Å². The topological polar surface area (TPSA) is 50.4 Å². The molecule has 0 aliphatic rings. The van der Waals surface area contributed by atoms with E-state index in [1.165, 1.54) is 0 Å². The molecule has 152 valence electrons. The minimum absolute atomic E-state index is 0.192. The number of hydrogen-bond acceptors (Lipinski definition) is 3. The van der Waals surface area contributed by atoms with Gasteiger partial charge in [-0.1, -0.05) is 26.0 Å². The molecule has 0 atom stereocenters. The predicted molar refractivity (Wildman–Crippen MR) is 103 cm³/mol. The molecule has 2 aromatic carbocycles. The lowest BCUT2D eigenvalue weighted by molar-refractivity contribution is 0.161. The van der Waals surface area contributed by atoms with Crippen molar-refractivity contribution in [1.82, 2.24) is 0 Å². The first-order chi connectivity index (χ1) is 13.3. The molecule has 3 nitrogen and oxygen atoms in total. The van der Waals surface area contributed by atoms with E-state index in [4.69, 9.17) is 5.73 Å². The SMILES string of the molecule is C/C(N)=C(/C=N/C(F)F)c1ccc(NCc2c(F)cc(F)cc2F)cc1.CC. The molecule has 0 bridgehead atoms. The van der Waals surface area contributed by atoms with Gasteiger partial charge < -0.3 is 11.1 Å². The summed E-state index contributed by atoms with van der Waals surface area (Å²) in [5.41, 5.74) is 7.12. The molecule has 0 aliphatic heterocycles. The Morgan fingerprint density at radius 2 is 1.61 bits per heavy atom. The summed E-state index contributed by atoms with van der Waals surface area (Å²) in [5, 5.41) is 2.80. The van der Waals surface area contributed by atoms with Crippen LogP contribution in [0.25, 0.3) is 5.57 Å². The summed E-state index contributed by atoms with van der Waals surface area (Å²) in [7, 11) is 0. The van der Waals surface area contributed by atoms with Gasteiger partial charge in [0.05, 0.1) is 0 Å². The highest BCUT2D eigenvalue weighted by atomic mass is 19.3. The normalized spacial score (nSPS) is 11.9. The summed E-state index contributed by atoms with van der Waals surface area (Å²) in [6.45, 7) is 2.52. The third kappa shape index (κ3) is 6.68. The number of allylic oxidation sites excluding steroid dienone is 2. The third-order valence-electron chi connectivity index (χ3n) is 3.51. The summed E-state index contributed by atoms with van der Waals surface area (Å²) in [6, 6.07) is 7.59. The molecule has 0 unspecified atom stereocenters. The number of hydrogen-bond donors (Lipinski definition) is 2. The number of nitrogens with zero attached hydrogens (tertiary/aromatic N) is 1. The van der Waals surface area contributed by atoms with Crippen molar-refractivity contribution in [3.05, 3.63) is 70.7 Å². The van der Waals surface area contributed by atoms with Crippen molar-refractivity contribution in [1.29, 1.82) is 0 Å². The van der Waals surface area contributed by atoms with Crippen molar-refractivity contribution < 1.29 is 22.0 Å². The van der Waals surface area contributed by atoms with Crippen LogP contribution in [0.4, 0.5) is 27.6 Å². The maximum Gasteiger partial charge on any atom is 0.331 e. The van der Waals surface area contributed by atoms with Crippen molar-refractivity contribution in [2.45, 2.75) is 33.9 Å². The van der Waals surface area contributed by atoms with Crippen molar-refractivity contribution in [2.75, 3.05) is 5.32 Å². The first-order valence-electron chi connectivity index (χ1n) is 8.53. The van der Waals surface area contributed by atoms with Crippen LogP contribution in [-0.4, -0.2) is 12.8 Å². The van der Waals surface area contributed by atoms with E-state index in [1.807, 2.05) is 13.8 Å². The second-order valence-electron chi connectivity index (χ2n) is 5.43. The van der Waals surface area contributed by atoms with Gasteiger partial charge in [-0.15, -0.1) is 0 Å². The Morgan fingerprint density at radius 1 is 1.07 bits per heavy atom. The molecule has 3 N–H and O–H groups in total. The minimum atomic E-state index is -2.84. The van der Waals surface area contributed by atoms with Gasteiger partial charge in [-0.05, 0) is 24.6 Å². The summed E-state index contributed by atoms with van der Waals surface area (Å²) in [5.74, 6) is -2.97. The number of nitrogens with two attached hydrogens (primary N) is 1. The lowest BCUT2D eigenvalue weighted by Crippen LogP contribution is -2.05. The molecule has 0 radical (unpaired) electrons. The molecule has 2 rings (SSSR count). The van der Waals surface area contributed by atoms with Crippen molar-refractivity contribution in [2.24, 2.45) is 10.7 Å². The molecule has 0 aliphatic carbocycles. The number of anilines is 1. The minimum Gasteiger partial charge on any atom is -0.402 e. The smallest absolute Gasteiger partial charge is 0.331 e. The first-order valence-corrected chi connectivity index (χ1v) is 8.53. The third-order valence-corrected chi connectivity index (χ3v) is 3.51. The molecule has 0 spiro atoms. The lowest BCUT2D eigenvalue weighted by Gasteiger charge is -2.10. The monoisotopic (exact) mass is 399 g/mol. The van der Waals surface area contributed by atoms with Crippen molar-refractivity contribution >= 4 is 17.5 Å². The fraction of sp³-hybridized carbons (Fsp3) is 0.250. The maximum atomic E-state index is 13.6. The van der Waals surface area contributed by atoms with Gasteiger partial charge in [0.25, 0.3) is 0 Å². The second kappa shape index (κ2) is 11.1. The van der Waals surface area contributed by atoms with Gasteiger partial charge >= 0.3 is 6.55 Å². The van der Waals surface area contributed by atoms with Crippen LogP contribution in [0.5, 0.6) is 0 Å². The Labute approximate surface area is 160 Å². The van der Waals surface area contributed by atoms with Gasteiger partial charge in [0.15, 0.2) is 0 Å². The highest BCUT2D eigenvalue weighted by Crippen LogP contribution is 2.20. The zero-order chi connectivity index (χ0) is 21.3. The van der Waals surface area contributed by atoms with Crippen LogP contribution >= 0.6 is 0 Å². The maximum absolute atomic E-state index is 13.6. The van der Waals surface area contributed by atoms with E-state index in [2.05, 4.69) is 10.3 Å². The molecule has 2 aromatic rings. The van der Waals surface area contributed by atoms with Crippen LogP contribution < -0.4 is 11.1 Å². The van der Waals surface area contributed by atoms with Crippen LogP contribution in [0.1, 0.15) is 31.9 Å². The highest BCUT2D eigenvalue weighted by Gasteiger charge is 2.11. The van der Waals surface area contributed by atoms with Gasteiger partial charge in [0, 0.05) is 47.4 Å². The van der Waals surface area contributed by atoms with E-state index in [0.717, 1.165) is 6.21 Å². The molecule has 8 heteroatoms. The van der Waals surface area contributed by atoms with E-state index >= 15 is 0 Å². The van der Waals surface area contributed by atoms with Crippen LogP contribution in [0.2, 0.25) is 0 Å². The molecule has 28 heavy (non-hydrogen) atoms. The number of rotatable bonds is 6. The highest BCUT2D eigenvalue weighted by molar-refractivity contribution is 6.10. The fourth-order valence-corrected chi connectivity index (χ4v) is 2.23. The van der Waals surface area contributed by atoms with E-state index in [-0.39, 0.29) is 12.1 Å². The predicted octanol–water partition coefficient (Wildman–Crippen LogP) is 5.73. The lowest BCUT2D eigenvalue weighted by atomic mass is 10.0. The number of halogens is 5. The van der Waals surface area contributed by atoms with Gasteiger partial charge in [-0.2, -0.15) is 8.78 Å². The Morgan fingerprint density at radius 3 is 2.07 bits per heavy atom. The number of benzene rings is 2. The number of nitrogens with one attached hydrogen (secondary N) is 1. The Balaban J connectivity index is 0.00000190. The van der Waals surface area contributed by atoms with Gasteiger partial charge in [-0.25, -0.2) is 18.2 Å². The molecule has 0 aromatic heterocycles. The average Bonchev–Trinajstić information content (AvgIpc) is 2.63. The molecular formula is C20H22F5N3. The Hall–Kier alpha value is -2.90. The summed E-state index contributed by atoms with van der Waals surface area (Å²) in [4.78, 5) is 3.02. The fourth-order valence-electron chi connectivity index (χ4n) is 2.23. The zero-order valence-corrected chi connectivity index (χ0v) is 15.7. The van der Waals surface area contributed by atoms with E-state index in [1.54, 1.807) is 31.2 Å². The van der Waals surface area contributed by atoms with E-state index in [0.29, 0.717) is 34.7 Å². The van der Waals surface area contributed by atoms with Crippen LogP contribution in [0.3, 0.4) is 0 Å². The largest absolute Gasteiger partial charge is 0.402 e. The molecule has 0 amide bonds. The number of alkyl halides is 2. The van der Waals surface area contributed by atoms with Crippen molar-refractivity contribution in [3.63, 3.8) is 0 Å². The quantitative estimate of drug-likeness (QED) is 0.371. The summed E-state index contributed by atoms with van der Waals surface area (Å²) < 4.78 is 64.6. The van der Waals surface area contributed by atoms with Crippen LogP contribution in [0.15, 0.2) is 47.1 Å². The molecule has 0 fully saturated rings. The first kappa shape index (κ1) is 23.1.